The number of nitrogens with zero attached hydrogens (tertiary/aromatic N) is 4. The van der Waals surface area contributed by atoms with Crippen molar-refractivity contribution in [2.45, 2.75) is 0 Å². The molecule has 294 valence electrons. The van der Waals surface area contributed by atoms with Crippen molar-refractivity contribution < 1.29 is 8.83 Å². The Kier molecular flexibility index (Phi) is 7.80. The summed E-state index contributed by atoms with van der Waals surface area (Å²) in [7, 11) is 0. The van der Waals surface area contributed by atoms with Crippen LogP contribution in [-0.4, -0.2) is 19.5 Å². The Labute approximate surface area is 361 Å². The lowest BCUT2D eigenvalue weighted by molar-refractivity contribution is 0.668. The summed E-state index contributed by atoms with van der Waals surface area (Å²) in [5.41, 5.74) is 13.8. The summed E-state index contributed by atoms with van der Waals surface area (Å²) >= 11 is 0. The zero-order valence-electron chi connectivity index (χ0n) is 33.7. The van der Waals surface area contributed by atoms with E-state index in [2.05, 4.69) is 162 Å². The molecule has 13 rings (SSSR count). The van der Waals surface area contributed by atoms with Crippen LogP contribution in [0.25, 0.3) is 128 Å². The fourth-order valence-electron chi connectivity index (χ4n) is 9.20. The van der Waals surface area contributed by atoms with Crippen molar-refractivity contribution >= 4 is 65.7 Å². The molecule has 0 amide bonds. The summed E-state index contributed by atoms with van der Waals surface area (Å²) in [6.07, 6.45) is 0. The molecule has 0 aliphatic heterocycles. The van der Waals surface area contributed by atoms with E-state index in [0.29, 0.717) is 17.5 Å². The van der Waals surface area contributed by atoms with Crippen molar-refractivity contribution in [1.82, 2.24) is 19.5 Å². The molecular formula is C57H34N4O2. The normalized spacial score (nSPS) is 11.8. The van der Waals surface area contributed by atoms with Gasteiger partial charge in [-0.05, 0) is 95.1 Å². The number of hydrogen-bond donors (Lipinski definition) is 0. The second-order valence-electron chi connectivity index (χ2n) is 16.0. The van der Waals surface area contributed by atoms with Crippen LogP contribution in [0.1, 0.15) is 0 Å². The van der Waals surface area contributed by atoms with Gasteiger partial charge in [-0.2, -0.15) is 0 Å². The molecule has 0 aliphatic carbocycles. The van der Waals surface area contributed by atoms with Crippen LogP contribution in [0.5, 0.6) is 0 Å². The Morgan fingerprint density at radius 1 is 0.270 bits per heavy atom. The molecule has 0 bridgehead atoms. The van der Waals surface area contributed by atoms with Crippen LogP contribution in [-0.2, 0) is 0 Å². The number of para-hydroxylation sites is 2. The van der Waals surface area contributed by atoms with E-state index in [1.54, 1.807) is 0 Å². The lowest BCUT2D eigenvalue weighted by Gasteiger charge is -2.09. The van der Waals surface area contributed by atoms with Crippen molar-refractivity contribution in [2.24, 2.45) is 0 Å². The molecule has 6 nitrogen and oxygen atoms in total. The summed E-state index contributed by atoms with van der Waals surface area (Å²) < 4.78 is 15.4. The van der Waals surface area contributed by atoms with E-state index in [4.69, 9.17) is 23.8 Å². The summed E-state index contributed by atoms with van der Waals surface area (Å²) in [6, 6.07) is 71.7. The zero-order chi connectivity index (χ0) is 41.4. The summed E-state index contributed by atoms with van der Waals surface area (Å²) in [6.45, 7) is 0. The summed E-state index contributed by atoms with van der Waals surface area (Å²) in [5.74, 6) is 1.70. The van der Waals surface area contributed by atoms with Gasteiger partial charge in [0.05, 0.1) is 11.0 Å². The van der Waals surface area contributed by atoms with Gasteiger partial charge >= 0.3 is 0 Å². The Balaban J connectivity index is 0.894. The second kappa shape index (κ2) is 14.0. The van der Waals surface area contributed by atoms with Gasteiger partial charge in [0.1, 0.15) is 22.3 Å². The van der Waals surface area contributed by atoms with E-state index in [-0.39, 0.29) is 0 Å². The molecule has 13 aromatic rings. The van der Waals surface area contributed by atoms with Crippen molar-refractivity contribution in [1.29, 1.82) is 0 Å². The molecule has 0 N–H and O–H groups in total. The topological polar surface area (TPSA) is 69.9 Å². The van der Waals surface area contributed by atoms with Crippen LogP contribution in [0.4, 0.5) is 0 Å². The van der Waals surface area contributed by atoms with E-state index in [1.807, 2.05) is 48.5 Å². The molecule has 0 saturated carbocycles. The Morgan fingerprint density at radius 2 is 0.730 bits per heavy atom. The fraction of sp³-hybridized carbons (Fsp3) is 0. The molecule has 4 heterocycles. The minimum atomic E-state index is 0.555. The highest BCUT2D eigenvalue weighted by atomic mass is 16.3. The van der Waals surface area contributed by atoms with Gasteiger partial charge in [0.15, 0.2) is 17.5 Å². The number of fused-ring (bicyclic) bond motifs is 9. The highest BCUT2D eigenvalue weighted by Gasteiger charge is 2.18. The summed E-state index contributed by atoms with van der Waals surface area (Å²) in [5, 5.41) is 6.62. The van der Waals surface area contributed by atoms with Gasteiger partial charge in [0, 0.05) is 54.7 Å². The first-order valence-electron chi connectivity index (χ1n) is 21.1. The fourth-order valence-corrected chi connectivity index (χ4v) is 9.20. The van der Waals surface area contributed by atoms with Crippen LogP contribution in [0.2, 0.25) is 0 Å². The molecule has 0 fully saturated rings. The monoisotopic (exact) mass is 806 g/mol. The maximum atomic E-state index is 6.54. The molecule has 0 radical (unpaired) electrons. The predicted molar refractivity (Wildman–Crippen MR) is 256 cm³/mol. The molecule has 0 unspecified atom stereocenters. The SMILES string of the molecule is c1ccc(-c2cccc(-c3ccc4oc5cc(-c6nc(-c7ccccc7)nc(-c7ccc8c(c7)oc7ccc(-n9c%10ccccc%10c%10ccccc%109)cc78)n6)ccc5c4c3)c2)cc1. The van der Waals surface area contributed by atoms with Crippen molar-refractivity contribution in [3.05, 3.63) is 206 Å². The van der Waals surface area contributed by atoms with Gasteiger partial charge in [-0.25, -0.2) is 15.0 Å². The van der Waals surface area contributed by atoms with Gasteiger partial charge in [-0.15, -0.1) is 0 Å². The van der Waals surface area contributed by atoms with Gasteiger partial charge < -0.3 is 13.4 Å². The third kappa shape index (κ3) is 5.84. The van der Waals surface area contributed by atoms with Crippen LogP contribution < -0.4 is 0 Å². The van der Waals surface area contributed by atoms with Crippen molar-refractivity contribution in [2.75, 3.05) is 0 Å². The lowest BCUT2D eigenvalue weighted by Crippen LogP contribution is -2.00. The van der Waals surface area contributed by atoms with Crippen molar-refractivity contribution in [3.8, 4) is 62.1 Å². The van der Waals surface area contributed by atoms with E-state index >= 15 is 0 Å². The molecule has 9 aromatic carbocycles. The van der Waals surface area contributed by atoms with E-state index in [1.165, 1.54) is 32.9 Å². The number of rotatable bonds is 6. The minimum absolute atomic E-state index is 0.555. The first-order chi connectivity index (χ1) is 31.2. The van der Waals surface area contributed by atoms with Crippen LogP contribution in [0.3, 0.4) is 0 Å². The third-order valence-corrected chi connectivity index (χ3v) is 12.3. The van der Waals surface area contributed by atoms with Gasteiger partial charge in [0.2, 0.25) is 0 Å². The molecule has 4 aromatic heterocycles. The predicted octanol–water partition coefficient (Wildman–Crippen LogP) is 15.1. The first-order valence-corrected chi connectivity index (χ1v) is 21.1. The largest absolute Gasteiger partial charge is 0.456 e. The van der Waals surface area contributed by atoms with Crippen LogP contribution >= 0.6 is 0 Å². The standard InChI is InChI=1S/C57H34N4O2/c1-3-12-35(13-4-1)37-16-11-17-38(30-37)39-24-28-51-47(31-39)45-26-22-40(32-53(45)62-51)56-58-55(36-14-5-2-6-15-36)59-57(60-56)41-23-27-46-48-34-42(25-29-52(48)63-54(46)33-41)61-49-20-9-7-18-43(49)44-19-8-10-21-50(44)61/h1-34H. The highest BCUT2D eigenvalue weighted by Crippen LogP contribution is 2.39. The van der Waals surface area contributed by atoms with E-state index in [0.717, 1.165) is 77.4 Å². The van der Waals surface area contributed by atoms with Gasteiger partial charge in [-0.1, -0.05) is 133 Å². The Hall–Kier alpha value is -8.61. The minimum Gasteiger partial charge on any atom is -0.456 e. The van der Waals surface area contributed by atoms with Crippen molar-refractivity contribution in [3.63, 3.8) is 0 Å². The molecule has 63 heavy (non-hydrogen) atoms. The van der Waals surface area contributed by atoms with E-state index < -0.39 is 0 Å². The lowest BCUT2D eigenvalue weighted by atomic mass is 9.98. The number of aromatic nitrogens is 4. The Bertz CT molecular complexity index is 3870. The zero-order valence-corrected chi connectivity index (χ0v) is 33.7. The average Bonchev–Trinajstić information content (AvgIpc) is 4.03. The Morgan fingerprint density at radius 3 is 1.35 bits per heavy atom. The quantitative estimate of drug-likeness (QED) is 0.167. The smallest absolute Gasteiger partial charge is 0.164 e. The number of benzene rings is 9. The second-order valence-corrected chi connectivity index (χ2v) is 16.0. The molecule has 0 aliphatic rings. The molecule has 0 spiro atoms. The summed E-state index contributed by atoms with van der Waals surface area (Å²) in [4.78, 5) is 15.2. The van der Waals surface area contributed by atoms with Gasteiger partial charge in [0.25, 0.3) is 0 Å². The molecule has 0 atom stereocenters. The van der Waals surface area contributed by atoms with Crippen LogP contribution in [0, 0.1) is 0 Å². The average molecular weight is 807 g/mol. The molecular weight excluding hydrogens is 773 g/mol. The molecule has 0 saturated heterocycles. The maximum absolute atomic E-state index is 6.54. The van der Waals surface area contributed by atoms with E-state index in [9.17, 15) is 0 Å². The number of furan rings is 2. The number of hydrogen-bond acceptors (Lipinski definition) is 5. The maximum Gasteiger partial charge on any atom is 0.164 e. The van der Waals surface area contributed by atoms with Crippen LogP contribution in [0.15, 0.2) is 215 Å². The van der Waals surface area contributed by atoms with Gasteiger partial charge in [-0.3, -0.25) is 0 Å². The highest BCUT2D eigenvalue weighted by molar-refractivity contribution is 6.11. The first kappa shape index (κ1) is 35.2. The third-order valence-electron chi connectivity index (χ3n) is 12.3. The molecule has 6 heteroatoms.